The second-order valence-electron chi connectivity index (χ2n) is 8.95. The number of aromatic nitrogens is 2. The van der Waals surface area contributed by atoms with Crippen LogP contribution < -0.4 is 14.8 Å². The Morgan fingerprint density at radius 3 is 2.43 bits per heavy atom. The number of ether oxygens (including phenoxy) is 2. The van der Waals surface area contributed by atoms with Gasteiger partial charge in [-0.15, -0.1) is 0 Å². The van der Waals surface area contributed by atoms with Gasteiger partial charge in [0, 0.05) is 29.7 Å². The highest BCUT2D eigenvalue weighted by atomic mass is 19.1. The summed E-state index contributed by atoms with van der Waals surface area (Å²) in [5.74, 6) is 0.548. The van der Waals surface area contributed by atoms with Crippen molar-refractivity contribution in [3.63, 3.8) is 0 Å². The molecule has 0 radical (unpaired) electrons. The van der Waals surface area contributed by atoms with Gasteiger partial charge < -0.3 is 19.7 Å². The Bertz CT molecular complexity index is 1440. The molecule has 9 heteroatoms. The van der Waals surface area contributed by atoms with Gasteiger partial charge in [0.15, 0.2) is 17.3 Å². The second-order valence-corrected chi connectivity index (χ2v) is 8.95. The fourth-order valence-corrected chi connectivity index (χ4v) is 4.78. The molecule has 2 N–H and O–H groups in total. The first-order valence-corrected chi connectivity index (χ1v) is 12.0. The van der Waals surface area contributed by atoms with E-state index in [9.17, 15) is 14.0 Å². The van der Waals surface area contributed by atoms with Crippen molar-refractivity contribution in [2.45, 2.75) is 18.8 Å². The molecule has 0 saturated carbocycles. The molecule has 1 aliphatic rings. The number of likely N-dealkylation sites (tertiary alicyclic amines) is 1. The van der Waals surface area contributed by atoms with Crippen LogP contribution in [0.15, 0.2) is 60.7 Å². The monoisotopic (exact) mass is 502 g/mol. The van der Waals surface area contributed by atoms with Gasteiger partial charge in [0.1, 0.15) is 11.2 Å². The summed E-state index contributed by atoms with van der Waals surface area (Å²) in [6.45, 7) is 1.31. The number of hydrogen-bond donors (Lipinski definition) is 2. The van der Waals surface area contributed by atoms with Crippen molar-refractivity contribution in [3.8, 4) is 11.5 Å². The highest BCUT2D eigenvalue weighted by molar-refractivity contribution is 6.11. The first kappa shape index (κ1) is 24.3. The van der Waals surface area contributed by atoms with Crippen LogP contribution in [0, 0.1) is 5.82 Å². The van der Waals surface area contributed by atoms with Gasteiger partial charge in [0.25, 0.3) is 11.8 Å². The van der Waals surface area contributed by atoms with E-state index in [1.165, 1.54) is 6.07 Å². The average molecular weight is 503 g/mol. The molecule has 0 unspecified atom stereocenters. The number of carbonyl (C=O) groups excluding carboxylic acids is 2. The van der Waals surface area contributed by atoms with Crippen LogP contribution in [0.4, 0.5) is 10.1 Å². The van der Waals surface area contributed by atoms with Crippen LogP contribution >= 0.6 is 0 Å². The van der Waals surface area contributed by atoms with Gasteiger partial charge in [-0.05, 0) is 60.7 Å². The maximum absolute atomic E-state index is 13.9. The summed E-state index contributed by atoms with van der Waals surface area (Å²) in [7, 11) is 3.11. The lowest BCUT2D eigenvalue weighted by atomic mass is 9.89. The molecule has 2 heterocycles. The van der Waals surface area contributed by atoms with E-state index in [2.05, 4.69) is 15.5 Å². The minimum atomic E-state index is -0.478. The zero-order valence-electron chi connectivity index (χ0n) is 20.6. The number of H-pyrrole nitrogens is 1. The molecule has 4 aromatic rings. The van der Waals surface area contributed by atoms with Gasteiger partial charge in [-0.3, -0.25) is 14.7 Å². The highest BCUT2D eigenvalue weighted by Gasteiger charge is 2.25. The Morgan fingerprint density at radius 2 is 1.73 bits per heavy atom. The van der Waals surface area contributed by atoms with Crippen molar-refractivity contribution in [2.75, 3.05) is 32.6 Å². The third-order valence-electron chi connectivity index (χ3n) is 6.82. The van der Waals surface area contributed by atoms with Crippen LogP contribution in [-0.2, 0) is 0 Å². The standard InChI is InChI=1S/C28H27FN4O4/c1-36-23-11-8-19(16-24(23)37-2)28(35)33-14-12-18(13-15-33)17-6-9-20(10-7-17)30-27(34)26-21-4-3-5-22(29)25(21)31-32-26/h3-11,16,18H,12-15H2,1-2H3,(H,30,34)(H,31,32). The zero-order chi connectivity index (χ0) is 25.9. The summed E-state index contributed by atoms with van der Waals surface area (Å²) >= 11 is 0. The van der Waals surface area contributed by atoms with Crippen LogP contribution in [0.1, 0.15) is 45.2 Å². The maximum atomic E-state index is 13.9. The fourth-order valence-electron chi connectivity index (χ4n) is 4.78. The average Bonchev–Trinajstić information content (AvgIpc) is 3.38. The number of anilines is 1. The van der Waals surface area contributed by atoms with E-state index in [-0.39, 0.29) is 23.0 Å². The number of amides is 2. The number of nitrogens with one attached hydrogen (secondary N) is 2. The molecule has 1 fully saturated rings. The molecule has 1 aromatic heterocycles. The van der Waals surface area contributed by atoms with Gasteiger partial charge in [-0.25, -0.2) is 4.39 Å². The van der Waals surface area contributed by atoms with Gasteiger partial charge in [-0.2, -0.15) is 5.10 Å². The predicted octanol–water partition coefficient (Wildman–Crippen LogP) is 4.99. The molecule has 0 aliphatic carbocycles. The number of hydrogen-bond acceptors (Lipinski definition) is 5. The third-order valence-corrected chi connectivity index (χ3v) is 6.82. The molecule has 1 saturated heterocycles. The molecule has 3 aromatic carbocycles. The summed E-state index contributed by atoms with van der Waals surface area (Å²) < 4.78 is 24.5. The minimum absolute atomic E-state index is 0.0244. The molecule has 1 aliphatic heterocycles. The molecule has 2 amide bonds. The normalized spacial score (nSPS) is 14.0. The van der Waals surface area contributed by atoms with E-state index >= 15 is 0 Å². The van der Waals surface area contributed by atoms with Crippen molar-refractivity contribution in [1.82, 2.24) is 15.1 Å². The molecular weight excluding hydrogens is 475 g/mol. The summed E-state index contributed by atoms with van der Waals surface area (Å²) in [6.07, 6.45) is 1.69. The largest absolute Gasteiger partial charge is 0.493 e. The molecule has 190 valence electrons. The Kier molecular flexibility index (Phi) is 6.76. The van der Waals surface area contributed by atoms with Crippen molar-refractivity contribution in [1.29, 1.82) is 0 Å². The highest BCUT2D eigenvalue weighted by Crippen LogP contribution is 2.32. The van der Waals surface area contributed by atoms with E-state index in [1.54, 1.807) is 44.6 Å². The molecule has 5 rings (SSSR count). The van der Waals surface area contributed by atoms with Crippen LogP contribution in [-0.4, -0.2) is 54.2 Å². The number of rotatable bonds is 6. The predicted molar refractivity (Wildman–Crippen MR) is 138 cm³/mol. The van der Waals surface area contributed by atoms with Gasteiger partial charge in [-0.1, -0.05) is 24.3 Å². The minimum Gasteiger partial charge on any atom is -0.493 e. The van der Waals surface area contributed by atoms with Crippen LogP contribution in [0.25, 0.3) is 10.9 Å². The maximum Gasteiger partial charge on any atom is 0.274 e. The van der Waals surface area contributed by atoms with Gasteiger partial charge in [0.05, 0.1) is 14.2 Å². The summed E-state index contributed by atoms with van der Waals surface area (Å²) in [4.78, 5) is 27.6. The van der Waals surface area contributed by atoms with E-state index in [1.807, 2.05) is 29.2 Å². The van der Waals surface area contributed by atoms with Crippen molar-refractivity contribution in [3.05, 3.63) is 83.3 Å². The first-order valence-electron chi connectivity index (χ1n) is 12.0. The summed E-state index contributed by atoms with van der Waals surface area (Å²) in [6, 6.07) is 17.4. The lowest BCUT2D eigenvalue weighted by Crippen LogP contribution is -2.37. The Labute approximate surface area is 213 Å². The first-order chi connectivity index (χ1) is 18.0. The number of halogens is 1. The quantitative estimate of drug-likeness (QED) is 0.387. The molecule has 0 atom stereocenters. The lowest BCUT2D eigenvalue weighted by Gasteiger charge is -2.32. The summed E-state index contributed by atoms with van der Waals surface area (Å²) in [5, 5.41) is 9.81. The number of nitrogens with zero attached hydrogens (tertiary/aromatic N) is 2. The Morgan fingerprint density at radius 1 is 1.00 bits per heavy atom. The molecule has 0 bridgehead atoms. The number of para-hydroxylation sites is 1. The second kappa shape index (κ2) is 10.3. The van der Waals surface area contributed by atoms with Gasteiger partial charge in [0.2, 0.25) is 0 Å². The van der Waals surface area contributed by atoms with Crippen molar-refractivity contribution < 1.29 is 23.5 Å². The van der Waals surface area contributed by atoms with Crippen LogP contribution in [0.5, 0.6) is 11.5 Å². The topological polar surface area (TPSA) is 96.6 Å². The molecular formula is C28H27FN4O4. The number of piperidine rings is 1. The van der Waals surface area contributed by atoms with Crippen LogP contribution in [0.2, 0.25) is 0 Å². The molecule has 0 spiro atoms. The Balaban J connectivity index is 1.19. The number of methoxy groups -OCH3 is 2. The number of benzene rings is 3. The number of fused-ring (bicyclic) bond motifs is 1. The SMILES string of the molecule is COc1ccc(C(=O)N2CCC(c3ccc(NC(=O)c4[nH]nc5c(F)cccc45)cc3)CC2)cc1OC. The molecule has 8 nitrogen and oxygen atoms in total. The number of carbonyl (C=O) groups is 2. The lowest BCUT2D eigenvalue weighted by molar-refractivity contribution is 0.0712. The zero-order valence-corrected chi connectivity index (χ0v) is 20.6. The van der Waals surface area contributed by atoms with Crippen molar-refractivity contribution in [2.24, 2.45) is 0 Å². The Hall–Kier alpha value is -4.40. The van der Waals surface area contributed by atoms with E-state index < -0.39 is 5.82 Å². The van der Waals surface area contributed by atoms with Crippen LogP contribution in [0.3, 0.4) is 0 Å². The van der Waals surface area contributed by atoms with Crippen molar-refractivity contribution >= 4 is 28.4 Å². The van der Waals surface area contributed by atoms with E-state index in [4.69, 9.17) is 9.47 Å². The van der Waals surface area contributed by atoms with Gasteiger partial charge >= 0.3 is 0 Å². The van der Waals surface area contributed by atoms with E-state index in [0.29, 0.717) is 47.1 Å². The van der Waals surface area contributed by atoms with E-state index in [0.717, 1.165) is 18.4 Å². The fraction of sp³-hybridized carbons (Fsp3) is 0.250. The molecule has 37 heavy (non-hydrogen) atoms. The summed E-state index contributed by atoms with van der Waals surface area (Å²) in [5.41, 5.74) is 2.72. The smallest absolute Gasteiger partial charge is 0.274 e. The number of aromatic amines is 1. The third kappa shape index (κ3) is 4.84.